The molecule has 0 radical (unpaired) electrons. The molecule has 0 unspecified atom stereocenters. The summed E-state index contributed by atoms with van der Waals surface area (Å²) < 4.78 is 17.0. The normalized spacial score (nSPS) is 12.1. The highest BCUT2D eigenvalue weighted by Gasteiger charge is 2.19. The van der Waals surface area contributed by atoms with E-state index in [4.69, 9.17) is 14.2 Å². The Morgan fingerprint density at radius 3 is 0.760 bits per heavy atom. The second-order valence-electron chi connectivity index (χ2n) is 23.1. The van der Waals surface area contributed by atoms with Crippen LogP contribution in [0.2, 0.25) is 0 Å². The minimum Gasteiger partial charge on any atom is -0.462 e. The van der Waals surface area contributed by atoms with Crippen LogP contribution in [0.4, 0.5) is 0 Å². The zero-order valence-corrected chi connectivity index (χ0v) is 50.8. The molecule has 0 amide bonds. The predicted molar refractivity (Wildman–Crippen MR) is 326 cm³/mol. The lowest BCUT2D eigenvalue weighted by Crippen LogP contribution is -2.30. The lowest BCUT2D eigenvalue weighted by atomic mass is 10.0. The van der Waals surface area contributed by atoms with E-state index in [1.165, 1.54) is 270 Å². The zero-order chi connectivity index (χ0) is 54.3. The molecule has 0 fully saturated rings. The van der Waals surface area contributed by atoms with Crippen LogP contribution in [0, 0.1) is 0 Å². The van der Waals surface area contributed by atoms with E-state index < -0.39 is 6.10 Å². The van der Waals surface area contributed by atoms with E-state index in [2.05, 4.69) is 45.1 Å². The minimum atomic E-state index is -0.771. The van der Waals surface area contributed by atoms with Crippen LogP contribution in [0.15, 0.2) is 24.3 Å². The molecule has 0 aliphatic carbocycles. The van der Waals surface area contributed by atoms with Crippen molar-refractivity contribution in [3.05, 3.63) is 24.3 Å². The van der Waals surface area contributed by atoms with Crippen LogP contribution in [0.3, 0.4) is 0 Å². The van der Waals surface area contributed by atoms with Crippen molar-refractivity contribution in [2.75, 3.05) is 13.2 Å². The van der Waals surface area contributed by atoms with Crippen molar-refractivity contribution < 1.29 is 28.6 Å². The molecule has 6 nitrogen and oxygen atoms in total. The Labute approximate surface area is 468 Å². The Morgan fingerprint density at radius 1 is 0.267 bits per heavy atom. The number of carbonyl (C=O) groups excluding carboxylic acids is 3. The Balaban J connectivity index is 4.30. The molecule has 75 heavy (non-hydrogen) atoms. The first kappa shape index (κ1) is 72.9. The minimum absolute atomic E-state index is 0.0672. The van der Waals surface area contributed by atoms with Crippen LogP contribution < -0.4 is 0 Å². The average Bonchev–Trinajstić information content (AvgIpc) is 3.41. The third-order valence-corrected chi connectivity index (χ3v) is 15.5. The summed E-state index contributed by atoms with van der Waals surface area (Å²) in [4.78, 5) is 38.4. The maximum absolute atomic E-state index is 12.9. The predicted octanol–water partition coefficient (Wildman–Crippen LogP) is 23.0. The molecular weight excluding hydrogens is 925 g/mol. The van der Waals surface area contributed by atoms with Gasteiger partial charge in [-0.15, -0.1) is 0 Å². The van der Waals surface area contributed by atoms with Gasteiger partial charge in [0.25, 0.3) is 0 Å². The van der Waals surface area contributed by atoms with Gasteiger partial charge in [0.1, 0.15) is 13.2 Å². The van der Waals surface area contributed by atoms with Gasteiger partial charge in [-0.05, 0) is 51.4 Å². The smallest absolute Gasteiger partial charge is 0.306 e. The highest BCUT2D eigenvalue weighted by molar-refractivity contribution is 5.71. The number of carbonyl (C=O) groups is 3. The van der Waals surface area contributed by atoms with Crippen molar-refractivity contribution in [1.29, 1.82) is 0 Å². The van der Waals surface area contributed by atoms with Crippen molar-refractivity contribution in [2.45, 2.75) is 386 Å². The maximum Gasteiger partial charge on any atom is 0.306 e. The van der Waals surface area contributed by atoms with Gasteiger partial charge in [-0.1, -0.05) is 334 Å². The van der Waals surface area contributed by atoms with Crippen LogP contribution in [-0.2, 0) is 28.6 Å². The van der Waals surface area contributed by atoms with E-state index in [-0.39, 0.29) is 31.1 Å². The van der Waals surface area contributed by atoms with E-state index in [1.54, 1.807) is 0 Å². The van der Waals surface area contributed by atoms with Crippen molar-refractivity contribution >= 4 is 17.9 Å². The molecule has 0 aromatic rings. The highest BCUT2D eigenvalue weighted by Crippen LogP contribution is 2.18. The number of rotatable bonds is 63. The van der Waals surface area contributed by atoms with E-state index in [9.17, 15) is 14.4 Å². The molecule has 0 saturated heterocycles. The fourth-order valence-corrected chi connectivity index (χ4v) is 10.4. The van der Waals surface area contributed by atoms with Crippen LogP contribution in [0.5, 0.6) is 0 Å². The summed E-state index contributed by atoms with van der Waals surface area (Å²) in [7, 11) is 0. The third kappa shape index (κ3) is 62.6. The Kier molecular flexibility index (Phi) is 62.6. The number of ether oxygens (including phenoxy) is 3. The number of unbranched alkanes of at least 4 members (excludes halogenated alkanes) is 48. The van der Waals surface area contributed by atoms with Gasteiger partial charge in [-0.2, -0.15) is 0 Å². The first-order valence-electron chi connectivity index (χ1n) is 33.8. The molecule has 0 heterocycles. The van der Waals surface area contributed by atoms with Crippen LogP contribution in [0.1, 0.15) is 380 Å². The topological polar surface area (TPSA) is 78.9 Å². The second kappa shape index (κ2) is 64.4. The molecule has 0 aliphatic rings. The van der Waals surface area contributed by atoms with Crippen molar-refractivity contribution in [2.24, 2.45) is 0 Å². The highest BCUT2D eigenvalue weighted by atomic mass is 16.6. The van der Waals surface area contributed by atoms with Gasteiger partial charge in [0.2, 0.25) is 0 Å². The molecule has 442 valence electrons. The number of hydrogen-bond donors (Lipinski definition) is 0. The van der Waals surface area contributed by atoms with Gasteiger partial charge < -0.3 is 14.2 Å². The number of allylic oxidation sites excluding steroid dienone is 4. The Morgan fingerprint density at radius 2 is 0.480 bits per heavy atom. The molecular formula is C69H130O6. The van der Waals surface area contributed by atoms with E-state index in [0.29, 0.717) is 19.3 Å². The average molecular weight is 1060 g/mol. The van der Waals surface area contributed by atoms with E-state index in [1.807, 2.05) is 0 Å². The summed E-state index contributed by atoms with van der Waals surface area (Å²) in [5.74, 6) is -0.843. The lowest BCUT2D eigenvalue weighted by molar-refractivity contribution is -0.167. The molecule has 0 aromatic carbocycles. The van der Waals surface area contributed by atoms with Gasteiger partial charge >= 0.3 is 17.9 Å². The van der Waals surface area contributed by atoms with Crippen LogP contribution >= 0.6 is 0 Å². The van der Waals surface area contributed by atoms with Gasteiger partial charge in [-0.25, -0.2) is 0 Å². The van der Waals surface area contributed by atoms with Crippen LogP contribution in [0.25, 0.3) is 0 Å². The summed E-state index contributed by atoms with van der Waals surface area (Å²) in [5.41, 5.74) is 0. The van der Waals surface area contributed by atoms with Gasteiger partial charge in [0.15, 0.2) is 6.10 Å². The summed E-state index contributed by atoms with van der Waals surface area (Å²) in [6, 6.07) is 0. The quantitative estimate of drug-likeness (QED) is 0.0261. The van der Waals surface area contributed by atoms with Gasteiger partial charge in [0.05, 0.1) is 0 Å². The standard InChI is InChI=1S/C69H130O6/c1-4-7-10-13-16-19-22-25-28-31-33-34-36-39-42-45-48-51-54-57-60-63-69(72)75-66(64-73-67(70)61-58-55-52-49-46-43-40-37-30-27-24-21-18-15-12-9-6-3)65-74-68(71)62-59-56-53-50-47-44-41-38-35-32-29-26-23-20-17-14-11-8-5-2/h18,21,27,30,66H,4-17,19-20,22-26,28-29,31-65H2,1-3H3/b21-18-,30-27-/t66-/m1/s1. The molecule has 0 rings (SSSR count). The monoisotopic (exact) mass is 1050 g/mol. The fraction of sp³-hybridized carbons (Fsp3) is 0.899. The largest absolute Gasteiger partial charge is 0.462 e. The Bertz CT molecular complexity index is 1210. The van der Waals surface area contributed by atoms with Gasteiger partial charge in [0, 0.05) is 19.3 Å². The summed E-state index contributed by atoms with van der Waals surface area (Å²) in [6.45, 7) is 6.69. The third-order valence-electron chi connectivity index (χ3n) is 15.5. The molecule has 0 aromatic heterocycles. The molecule has 0 saturated carbocycles. The van der Waals surface area contributed by atoms with Gasteiger partial charge in [-0.3, -0.25) is 14.4 Å². The van der Waals surface area contributed by atoms with E-state index in [0.717, 1.165) is 70.6 Å². The molecule has 1 atom stereocenters. The fourth-order valence-electron chi connectivity index (χ4n) is 10.4. The SMILES string of the molecule is CCCCC/C=C\C/C=C\CCCCCCCCCC(=O)OC[C@H](COC(=O)CCCCCCCCCCCCCCCCCCCCC)OC(=O)CCCCCCCCCCCCCCCCCCCCCCC. The van der Waals surface area contributed by atoms with Crippen molar-refractivity contribution in [1.82, 2.24) is 0 Å². The van der Waals surface area contributed by atoms with Crippen molar-refractivity contribution in [3.63, 3.8) is 0 Å². The lowest BCUT2D eigenvalue weighted by Gasteiger charge is -2.18. The number of esters is 3. The maximum atomic E-state index is 12.9. The number of hydrogen-bond acceptors (Lipinski definition) is 6. The first-order chi connectivity index (χ1) is 37.0. The van der Waals surface area contributed by atoms with E-state index >= 15 is 0 Å². The first-order valence-corrected chi connectivity index (χ1v) is 33.8. The van der Waals surface area contributed by atoms with Crippen molar-refractivity contribution in [3.8, 4) is 0 Å². The summed E-state index contributed by atoms with van der Waals surface area (Å²) >= 11 is 0. The molecule has 0 spiro atoms. The summed E-state index contributed by atoms with van der Waals surface area (Å²) in [6.07, 6.45) is 77.6. The van der Waals surface area contributed by atoms with Crippen LogP contribution in [-0.4, -0.2) is 37.2 Å². The Hall–Kier alpha value is -2.11. The summed E-state index contributed by atoms with van der Waals surface area (Å²) in [5, 5.41) is 0. The zero-order valence-electron chi connectivity index (χ0n) is 50.8. The second-order valence-corrected chi connectivity index (χ2v) is 23.1. The molecule has 6 heteroatoms. The molecule has 0 aliphatic heterocycles. The molecule has 0 N–H and O–H groups in total. The molecule has 0 bridgehead atoms.